The Labute approximate surface area is 230 Å². The predicted octanol–water partition coefficient (Wildman–Crippen LogP) is 7.09. The van der Waals surface area contributed by atoms with Crippen LogP contribution < -0.4 is 9.47 Å². The van der Waals surface area contributed by atoms with Crippen LogP contribution in [0.4, 0.5) is 0 Å². The summed E-state index contributed by atoms with van der Waals surface area (Å²) >= 11 is 0. The molecule has 4 heteroatoms. The number of fused-ring (bicyclic) bond motifs is 1. The molecule has 1 fully saturated rings. The molecule has 2 aliphatic rings. The number of hydrogen-bond acceptors (Lipinski definition) is 4. The third kappa shape index (κ3) is 5.97. The summed E-state index contributed by atoms with van der Waals surface area (Å²) in [4.78, 5) is 15.1. The number of nitrogens with zero attached hydrogens (tertiary/aromatic N) is 1. The fourth-order valence-electron chi connectivity index (χ4n) is 5.60. The minimum Gasteiger partial charge on any atom is -0.492 e. The van der Waals surface area contributed by atoms with Crippen LogP contribution >= 0.6 is 0 Å². The lowest BCUT2D eigenvalue weighted by atomic mass is 9.95. The number of carbonyl (C=O) groups excluding carboxylic acids is 1. The van der Waals surface area contributed by atoms with Gasteiger partial charge in [0.2, 0.25) is 0 Å². The number of carbonyl (C=O) groups is 1. The lowest BCUT2D eigenvalue weighted by molar-refractivity contribution is 0.0734. The van der Waals surface area contributed by atoms with E-state index in [2.05, 4.69) is 65.6 Å². The largest absolute Gasteiger partial charge is 0.492 e. The molecule has 4 aromatic carbocycles. The van der Waals surface area contributed by atoms with Gasteiger partial charge in [-0.05, 0) is 109 Å². The van der Waals surface area contributed by atoms with E-state index in [9.17, 15) is 4.79 Å². The second-order valence-electron chi connectivity index (χ2n) is 10.3. The van der Waals surface area contributed by atoms with Gasteiger partial charge in [-0.1, -0.05) is 66.7 Å². The summed E-state index contributed by atoms with van der Waals surface area (Å²) in [6.45, 7) is 4.11. The third-order valence-electron chi connectivity index (χ3n) is 7.65. The van der Waals surface area contributed by atoms with Gasteiger partial charge in [-0.2, -0.15) is 0 Å². The molecule has 4 nitrogen and oxygen atoms in total. The lowest BCUT2D eigenvalue weighted by Crippen LogP contribution is -2.25. The Hall–Kier alpha value is -4.15. The number of rotatable bonds is 9. The maximum absolute atomic E-state index is 12.6. The highest BCUT2D eigenvalue weighted by Crippen LogP contribution is 2.41. The van der Waals surface area contributed by atoms with Crippen molar-refractivity contribution in [2.24, 2.45) is 0 Å². The number of hydrogen-bond donors (Lipinski definition) is 0. The second-order valence-corrected chi connectivity index (χ2v) is 10.3. The predicted molar refractivity (Wildman–Crippen MR) is 156 cm³/mol. The molecule has 1 aliphatic heterocycles. The molecule has 0 atom stereocenters. The highest BCUT2D eigenvalue weighted by Gasteiger charge is 2.24. The zero-order valence-corrected chi connectivity index (χ0v) is 22.1. The third-order valence-corrected chi connectivity index (χ3v) is 7.65. The molecule has 0 spiro atoms. The topological polar surface area (TPSA) is 38.8 Å². The van der Waals surface area contributed by atoms with E-state index in [1.807, 2.05) is 30.3 Å². The van der Waals surface area contributed by atoms with Crippen molar-refractivity contribution < 1.29 is 14.3 Å². The molecule has 0 amide bonds. The van der Waals surface area contributed by atoms with Crippen molar-refractivity contribution in [1.82, 2.24) is 4.90 Å². The fraction of sp³-hybridized carbons (Fsp3) is 0.229. The van der Waals surface area contributed by atoms with Crippen molar-refractivity contribution in [3.05, 3.63) is 131 Å². The van der Waals surface area contributed by atoms with Crippen molar-refractivity contribution >= 4 is 17.1 Å². The molecule has 0 unspecified atom stereocenters. The Bertz CT molecular complexity index is 1450. The maximum Gasteiger partial charge on any atom is 0.343 e. The average Bonchev–Trinajstić information content (AvgIpc) is 3.63. The minimum atomic E-state index is -0.340. The summed E-state index contributed by atoms with van der Waals surface area (Å²) in [5.41, 5.74) is 8.07. The van der Waals surface area contributed by atoms with E-state index >= 15 is 0 Å². The first-order chi connectivity index (χ1) is 19.2. The Morgan fingerprint density at radius 3 is 2.21 bits per heavy atom. The number of benzene rings is 4. The average molecular weight is 516 g/mol. The van der Waals surface area contributed by atoms with Gasteiger partial charge in [0.15, 0.2) is 0 Å². The summed E-state index contributed by atoms with van der Waals surface area (Å²) in [6, 6.07) is 34.2. The normalized spacial score (nSPS) is 14.9. The van der Waals surface area contributed by atoms with Crippen LogP contribution in [0.1, 0.15) is 45.5 Å². The van der Waals surface area contributed by atoms with E-state index in [1.54, 1.807) is 12.1 Å². The molecule has 1 aliphatic carbocycles. The van der Waals surface area contributed by atoms with E-state index in [1.165, 1.54) is 59.3 Å². The molecule has 39 heavy (non-hydrogen) atoms. The number of ether oxygens (including phenoxy) is 2. The first-order valence-corrected chi connectivity index (χ1v) is 13.8. The van der Waals surface area contributed by atoms with E-state index in [4.69, 9.17) is 9.47 Å². The van der Waals surface area contributed by atoms with Crippen molar-refractivity contribution in [2.75, 3.05) is 26.2 Å². The van der Waals surface area contributed by atoms with Gasteiger partial charge in [0.25, 0.3) is 0 Å². The smallest absolute Gasteiger partial charge is 0.343 e. The monoisotopic (exact) mass is 515 g/mol. The molecule has 1 heterocycles. The van der Waals surface area contributed by atoms with Gasteiger partial charge in [-0.3, -0.25) is 4.90 Å². The number of likely N-dealkylation sites (tertiary alicyclic amines) is 1. The summed E-state index contributed by atoms with van der Waals surface area (Å²) in [7, 11) is 0. The van der Waals surface area contributed by atoms with Crippen LogP contribution in [0.15, 0.2) is 103 Å². The first-order valence-electron chi connectivity index (χ1n) is 13.8. The van der Waals surface area contributed by atoms with E-state index < -0.39 is 0 Å². The van der Waals surface area contributed by atoms with Gasteiger partial charge >= 0.3 is 5.97 Å². The molecular weight excluding hydrogens is 482 g/mol. The van der Waals surface area contributed by atoms with Crippen LogP contribution in [0.5, 0.6) is 11.5 Å². The van der Waals surface area contributed by atoms with E-state index in [0.717, 1.165) is 31.7 Å². The van der Waals surface area contributed by atoms with E-state index in [-0.39, 0.29) is 5.97 Å². The molecule has 0 N–H and O–H groups in total. The maximum atomic E-state index is 12.6. The highest BCUT2D eigenvalue weighted by atomic mass is 16.5. The summed E-state index contributed by atoms with van der Waals surface area (Å²) in [6.07, 6.45) is 4.25. The van der Waals surface area contributed by atoms with Gasteiger partial charge in [0.05, 0.1) is 5.56 Å². The zero-order valence-electron chi connectivity index (χ0n) is 22.1. The Kier molecular flexibility index (Phi) is 7.55. The molecule has 1 saturated heterocycles. The summed E-state index contributed by atoms with van der Waals surface area (Å²) in [5, 5.41) is 0. The van der Waals surface area contributed by atoms with Crippen molar-refractivity contribution in [3.63, 3.8) is 0 Å². The van der Waals surface area contributed by atoms with Crippen molar-refractivity contribution in [1.29, 1.82) is 0 Å². The van der Waals surface area contributed by atoms with Crippen molar-refractivity contribution in [3.8, 4) is 11.5 Å². The van der Waals surface area contributed by atoms with Gasteiger partial charge in [0.1, 0.15) is 18.1 Å². The van der Waals surface area contributed by atoms with Crippen LogP contribution in [-0.4, -0.2) is 37.1 Å². The molecule has 4 aromatic rings. The van der Waals surface area contributed by atoms with Gasteiger partial charge in [-0.15, -0.1) is 0 Å². The molecule has 6 rings (SSSR count). The standard InChI is InChI=1S/C35H33NO3/c37-35(28-11-5-2-6-12-28)39-31-17-18-32-29(24-31)25-33(27-9-3-1-4-10-27)34(32)23-26-13-15-30(16-14-26)38-22-21-36-19-7-8-20-36/h1-6,9-18,24H,7-8,19-23,25H2. The van der Waals surface area contributed by atoms with Crippen LogP contribution in [0.25, 0.3) is 11.1 Å². The van der Waals surface area contributed by atoms with Crippen LogP contribution in [0, 0.1) is 0 Å². The first kappa shape index (κ1) is 25.1. The number of esters is 1. The molecule has 196 valence electrons. The minimum absolute atomic E-state index is 0.340. The zero-order chi connectivity index (χ0) is 26.4. The van der Waals surface area contributed by atoms with Crippen LogP contribution in [-0.2, 0) is 12.8 Å². The van der Waals surface area contributed by atoms with E-state index in [0.29, 0.717) is 11.3 Å². The SMILES string of the molecule is O=C(Oc1ccc2c(c1)CC(c1ccccc1)=C2Cc1ccc(OCCN2CCCC2)cc1)c1ccccc1. The Morgan fingerprint density at radius 1 is 0.769 bits per heavy atom. The molecule has 0 radical (unpaired) electrons. The van der Waals surface area contributed by atoms with Gasteiger partial charge < -0.3 is 9.47 Å². The van der Waals surface area contributed by atoms with Crippen molar-refractivity contribution in [2.45, 2.75) is 25.7 Å². The Morgan fingerprint density at radius 2 is 1.46 bits per heavy atom. The summed E-state index contributed by atoms with van der Waals surface area (Å²) in [5.74, 6) is 1.16. The van der Waals surface area contributed by atoms with Gasteiger partial charge in [-0.25, -0.2) is 4.79 Å². The molecule has 0 aromatic heterocycles. The van der Waals surface area contributed by atoms with Crippen LogP contribution in [0.2, 0.25) is 0 Å². The fourth-order valence-corrected chi connectivity index (χ4v) is 5.60. The van der Waals surface area contributed by atoms with Gasteiger partial charge in [0, 0.05) is 6.54 Å². The Balaban J connectivity index is 1.19. The lowest BCUT2D eigenvalue weighted by Gasteiger charge is -2.15. The molecule has 0 bridgehead atoms. The van der Waals surface area contributed by atoms with Crippen LogP contribution in [0.3, 0.4) is 0 Å². The second kappa shape index (κ2) is 11.7. The quantitative estimate of drug-likeness (QED) is 0.176. The highest BCUT2D eigenvalue weighted by molar-refractivity contribution is 5.98. The molecule has 0 saturated carbocycles. The summed E-state index contributed by atoms with van der Waals surface area (Å²) < 4.78 is 11.7. The number of allylic oxidation sites excluding steroid dienone is 2. The molecular formula is C35H33NO3.